The van der Waals surface area contributed by atoms with Crippen LogP contribution in [0.2, 0.25) is 0 Å². The van der Waals surface area contributed by atoms with Gasteiger partial charge in [0.2, 0.25) is 0 Å². The molecular weight excluding hydrogens is 226 g/mol. The first-order valence-corrected chi connectivity index (χ1v) is 5.73. The lowest BCUT2D eigenvalue weighted by Crippen LogP contribution is -2.18. The van der Waals surface area contributed by atoms with E-state index in [4.69, 9.17) is 4.74 Å². The fraction of sp³-hybridized carbons (Fsp3) is 0.444. The van der Waals surface area contributed by atoms with Crippen molar-refractivity contribution in [3.05, 3.63) is 17.3 Å². The Balaban J connectivity index is 1.88. The topological polar surface area (TPSA) is 75.7 Å². The second-order valence-corrected chi connectivity index (χ2v) is 4.20. The Kier molecular flexibility index (Phi) is 3.97. The highest BCUT2D eigenvalue weighted by Gasteiger charge is 2.06. The molecule has 2 aromatic rings. The lowest BCUT2D eigenvalue weighted by atomic mass is 10.5. The lowest BCUT2D eigenvalue weighted by molar-refractivity contribution is 0.199. The normalized spacial score (nSPS) is 10.8. The number of rotatable bonds is 6. The van der Waals surface area contributed by atoms with Crippen molar-refractivity contribution >= 4 is 11.3 Å². The Morgan fingerprint density at radius 2 is 2.44 bits per heavy atom. The van der Waals surface area contributed by atoms with Crippen LogP contribution in [0, 0.1) is 0 Å². The summed E-state index contributed by atoms with van der Waals surface area (Å²) in [4.78, 5) is 0. The molecule has 0 aliphatic heterocycles. The van der Waals surface area contributed by atoms with Crippen molar-refractivity contribution in [2.45, 2.75) is 6.54 Å². The van der Waals surface area contributed by atoms with E-state index >= 15 is 0 Å². The van der Waals surface area contributed by atoms with Crippen LogP contribution in [0.25, 0.3) is 10.7 Å². The van der Waals surface area contributed by atoms with E-state index in [1.54, 1.807) is 24.6 Å². The minimum atomic E-state index is 0.701. The smallest absolute Gasteiger partial charge is 0.165 e. The number of hydrogen-bond acceptors (Lipinski definition) is 6. The number of hydrogen-bond donors (Lipinski definition) is 2. The number of ether oxygens (including phenoxy) is 1. The highest BCUT2D eigenvalue weighted by atomic mass is 32.1. The Bertz CT molecular complexity index is 413. The maximum atomic E-state index is 4.94. The van der Waals surface area contributed by atoms with Crippen LogP contribution >= 0.6 is 11.3 Å². The van der Waals surface area contributed by atoms with Crippen molar-refractivity contribution in [1.29, 1.82) is 0 Å². The molecule has 0 saturated heterocycles. The molecule has 0 saturated carbocycles. The predicted molar refractivity (Wildman–Crippen MR) is 61.1 cm³/mol. The summed E-state index contributed by atoms with van der Waals surface area (Å²) in [5.74, 6) is 0. The molecule has 7 heteroatoms. The Morgan fingerprint density at radius 3 is 3.19 bits per heavy atom. The van der Waals surface area contributed by atoms with Gasteiger partial charge in [0.1, 0.15) is 5.01 Å². The van der Waals surface area contributed by atoms with Gasteiger partial charge in [0.05, 0.1) is 12.3 Å². The van der Waals surface area contributed by atoms with Gasteiger partial charge in [0.15, 0.2) is 5.01 Å². The van der Waals surface area contributed by atoms with Crippen LogP contribution in [0.15, 0.2) is 12.3 Å². The van der Waals surface area contributed by atoms with Crippen LogP contribution in [0.1, 0.15) is 5.01 Å². The molecule has 0 amide bonds. The molecule has 2 heterocycles. The highest BCUT2D eigenvalue weighted by Crippen LogP contribution is 2.20. The summed E-state index contributed by atoms with van der Waals surface area (Å²) < 4.78 is 4.94. The molecule has 0 radical (unpaired) electrons. The van der Waals surface area contributed by atoms with E-state index in [0.29, 0.717) is 6.61 Å². The molecule has 0 aliphatic carbocycles. The van der Waals surface area contributed by atoms with E-state index in [2.05, 4.69) is 25.7 Å². The summed E-state index contributed by atoms with van der Waals surface area (Å²) in [5, 5.41) is 19.9. The van der Waals surface area contributed by atoms with E-state index in [-0.39, 0.29) is 0 Å². The second-order valence-electron chi connectivity index (χ2n) is 3.14. The molecule has 2 N–H and O–H groups in total. The van der Waals surface area contributed by atoms with Gasteiger partial charge in [0, 0.05) is 26.4 Å². The van der Waals surface area contributed by atoms with Crippen LogP contribution < -0.4 is 5.32 Å². The number of H-pyrrole nitrogens is 1. The highest BCUT2D eigenvalue weighted by molar-refractivity contribution is 7.14. The standard InChI is InChI=1S/C9H13N5OS/c1-15-5-4-10-6-8-13-14-9(16-8)7-2-3-11-12-7/h2-3,10H,4-6H2,1H3,(H,11,12). The van der Waals surface area contributed by atoms with Gasteiger partial charge in [-0.2, -0.15) is 5.10 Å². The first kappa shape index (κ1) is 11.2. The molecule has 0 fully saturated rings. The average Bonchev–Trinajstić information content (AvgIpc) is 2.94. The lowest BCUT2D eigenvalue weighted by Gasteiger charge is -1.99. The van der Waals surface area contributed by atoms with Gasteiger partial charge in [-0.05, 0) is 6.07 Å². The molecule has 0 unspecified atom stereocenters. The van der Waals surface area contributed by atoms with Gasteiger partial charge in [-0.1, -0.05) is 11.3 Å². The van der Waals surface area contributed by atoms with Gasteiger partial charge in [-0.3, -0.25) is 5.10 Å². The summed E-state index contributed by atoms with van der Waals surface area (Å²) in [7, 11) is 1.68. The molecule has 86 valence electrons. The molecule has 0 spiro atoms. The van der Waals surface area contributed by atoms with Crippen molar-refractivity contribution < 1.29 is 4.74 Å². The zero-order chi connectivity index (χ0) is 11.2. The molecule has 2 aromatic heterocycles. The summed E-state index contributed by atoms with van der Waals surface area (Å²) in [6.07, 6.45) is 1.70. The van der Waals surface area contributed by atoms with Crippen LogP contribution in [0.5, 0.6) is 0 Å². The van der Waals surface area contributed by atoms with Crippen molar-refractivity contribution in [3.63, 3.8) is 0 Å². The van der Waals surface area contributed by atoms with E-state index in [1.165, 1.54) is 0 Å². The first-order chi connectivity index (χ1) is 7.90. The zero-order valence-electron chi connectivity index (χ0n) is 8.93. The van der Waals surface area contributed by atoms with Crippen LogP contribution in [0.4, 0.5) is 0 Å². The van der Waals surface area contributed by atoms with E-state index in [9.17, 15) is 0 Å². The molecule has 0 bridgehead atoms. The number of methoxy groups -OCH3 is 1. The molecular formula is C9H13N5OS. The van der Waals surface area contributed by atoms with Crippen LogP contribution in [-0.4, -0.2) is 40.7 Å². The SMILES string of the molecule is COCCNCc1nnc(-c2ccn[nH]2)s1. The summed E-state index contributed by atoms with van der Waals surface area (Å²) in [5.41, 5.74) is 0.903. The molecule has 2 rings (SSSR count). The number of nitrogens with one attached hydrogen (secondary N) is 2. The summed E-state index contributed by atoms with van der Waals surface area (Å²) >= 11 is 1.55. The van der Waals surface area contributed by atoms with Crippen LogP contribution in [-0.2, 0) is 11.3 Å². The molecule has 0 atom stereocenters. The third-order valence-electron chi connectivity index (χ3n) is 1.96. The predicted octanol–water partition coefficient (Wildman–Crippen LogP) is 0.664. The first-order valence-electron chi connectivity index (χ1n) is 4.92. The maximum absolute atomic E-state index is 4.94. The third kappa shape index (κ3) is 2.84. The van der Waals surface area contributed by atoms with Gasteiger partial charge >= 0.3 is 0 Å². The fourth-order valence-corrected chi connectivity index (χ4v) is 1.96. The summed E-state index contributed by atoms with van der Waals surface area (Å²) in [6, 6.07) is 1.88. The zero-order valence-corrected chi connectivity index (χ0v) is 9.75. The fourth-order valence-electron chi connectivity index (χ4n) is 1.18. The Labute approximate surface area is 97.1 Å². The molecule has 6 nitrogen and oxygen atoms in total. The third-order valence-corrected chi connectivity index (χ3v) is 2.91. The number of aromatic amines is 1. The summed E-state index contributed by atoms with van der Waals surface area (Å²) in [6.45, 7) is 2.23. The van der Waals surface area contributed by atoms with E-state index in [0.717, 1.165) is 28.8 Å². The average molecular weight is 239 g/mol. The van der Waals surface area contributed by atoms with Gasteiger partial charge in [-0.15, -0.1) is 10.2 Å². The number of nitrogens with zero attached hydrogens (tertiary/aromatic N) is 3. The molecule has 0 aliphatic rings. The molecule has 0 aromatic carbocycles. The minimum Gasteiger partial charge on any atom is -0.383 e. The largest absolute Gasteiger partial charge is 0.383 e. The molecule has 16 heavy (non-hydrogen) atoms. The van der Waals surface area contributed by atoms with Crippen molar-refractivity contribution in [2.75, 3.05) is 20.3 Å². The van der Waals surface area contributed by atoms with Gasteiger partial charge in [0.25, 0.3) is 0 Å². The van der Waals surface area contributed by atoms with Crippen LogP contribution in [0.3, 0.4) is 0 Å². The van der Waals surface area contributed by atoms with Gasteiger partial charge in [-0.25, -0.2) is 0 Å². The van der Waals surface area contributed by atoms with Crippen molar-refractivity contribution in [2.24, 2.45) is 0 Å². The van der Waals surface area contributed by atoms with Crippen molar-refractivity contribution in [1.82, 2.24) is 25.7 Å². The van der Waals surface area contributed by atoms with E-state index < -0.39 is 0 Å². The van der Waals surface area contributed by atoms with E-state index in [1.807, 2.05) is 6.07 Å². The maximum Gasteiger partial charge on any atom is 0.165 e. The Hall–Kier alpha value is -1.31. The van der Waals surface area contributed by atoms with Gasteiger partial charge < -0.3 is 10.1 Å². The monoisotopic (exact) mass is 239 g/mol. The Morgan fingerprint density at radius 1 is 1.50 bits per heavy atom. The van der Waals surface area contributed by atoms with Crippen molar-refractivity contribution in [3.8, 4) is 10.7 Å². The number of aromatic nitrogens is 4. The second kappa shape index (κ2) is 5.69. The minimum absolute atomic E-state index is 0.701. The quantitative estimate of drug-likeness (QED) is 0.724.